The van der Waals surface area contributed by atoms with Crippen LogP contribution in [-0.2, 0) is 13.0 Å². The summed E-state index contributed by atoms with van der Waals surface area (Å²) in [5.41, 5.74) is 9.65. The Morgan fingerprint density at radius 1 is 1.10 bits per heavy atom. The van der Waals surface area contributed by atoms with Crippen molar-refractivity contribution in [3.63, 3.8) is 0 Å². The van der Waals surface area contributed by atoms with Crippen LogP contribution in [0.15, 0.2) is 42.5 Å². The number of halogens is 1. The first-order valence-electron chi connectivity index (χ1n) is 6.86. The molecule has 0 fully saturated rings. The van der Waals surface area contributed by atoms with Gasteiger partial charge < -0.3 is 10.6 Å². The minimum absolute atomic E-state index is 0.177. The molecule has 0 heterocycles. The standard InChI is InChI=1S/C17H21FN2/c1-13-6-8-14(9-7-13)12-20(2)17-5-3-4-16(18)15(17)10-11-19/h3-9H,10-12,19H2,1-2H3. The third-order valence-electron chi connectivity index (χ3n) is 3.44. The Labute approximate surface area is 120 Å². The highest BCUT2D eigenvalue weighted by molar-refractivity contribution is 5.54. The van der Waals surface area contributed by atoms with Gasteiger partial charge in [-0.25, -0.2) is 4.39 Å². The van der Waals surface area contributed by atoms with Crippen molar-refractivity contribution >= 4 is 5.69 Å². The Hall–Kier alpha value is -1.87. The summed E-state index contributed by atoms with van der Waals surface area (Å²) >= 11 is 0. The summed E-state index contributed by atoms with van der Waals surface area (Å²) in [6.45, 7) is 3.27. The third kappa shape index (κ3) is 3.36. The fourth-order valence-electron chi connectivity index (χ4n) is 2.35. The maximum Gasteiger partial charge on any atom is 0.128 e. The molecule has 0 unspecified atom stereocenters. The van der Waals surface area contributed by atoms with E-state index < -0.39 is 0 Å². The third-order valence-corrected chi connectivity index (χ3v) is 3.44. The van der Waals surface area contributed by atoms with E-state index in [1.807, 2.05) is 13.1 Å². The van der Waals surface area contributed by atoms with Crippen LogP contribution in [-0.4, -0.2) is 13.6 Å². The summed E-state index contributed by atoms with van der Waals surface area (Å²) in [5.74, 6) is -0.177. The fraction of sp³-hybridized carbons (Fsp3) is 0.294. The number of nitrogens with two attached hydrogens (primary N) is 1. The average Bonchev–Trinajstić information content (AvgIpc) is 2.43. The predicted molar refractivity (Wildman–Crippen MR) is 82.4 cm³/mol. The van der Waals surface area contributed by atoms with Crippen molar-refractivity contribution in [2.75, 3.05) is 18.5 Å². The quantitative estimate of drug-likeness (QED) is 0.905. The summed E-state index contributed by atoms with van der Waals surface area (Å²) in [6, 6.07) is 13.6. The lowest BCUT2D eigenvalue weighted by Gasteiger charge is -2.23. The molecule has 0 aliphatic rings. The van der Waals surface area contributed by atoms with Crippen LogP contribution in [0.5, 0.6) is 0 Å². The second-order valence-corrected chi connectivity index (χ2v) is 5.12. The van der Waals surface area contributed by atoms with E-state index in [9.17, 15) is 4.39 Å². The van der Waals surface area contributed by atoms with Crippen LogP contribution in [0.1, 0.15) is 16.7 Å². The summed E-state index contributed by atoms with van der Waals surface area (Å²) in [4.78, 5) is 2.07. The Balaban J connectivity index is 2.22. The molecule has 0 saturated heterocycles. The first-order valence-corrected chi connectivity index (χ1v) is 6.86. The Bertz CT molecular complexity index is 564. The smallest absolute Gasteiger partial charge is 0.128 e. The van der Waals surface area contributed by atoms with Crippen molar-refractivity contribution in [2.45, 2.75) is 19.9 Å². The molecule has 2 aromatic rings. The highest BCUT2D eigenvalue weighted by Gasteiger charge is 2.11. The molecular formula is C17H21FN2. The molecule has 2 rings (SSSR count). The number of aryl methyl sites for hydroxylation is 1. The number of anilines is 1. The molecule has 0 atom stereocenters. The van der Waals surface area contributed by atoms with Crippen LogP contribution in [0.25, 0.3) is 0 Å². The largest absolute Gasteiger partial charge is 0.370 e. The van der Waals surface area contributed by atoms with Crippen LogP contribution in [0.4, 0.5) is 10.1 Å². The lowest BCUT2D eigenvalue weighted by molar-refractivity contribution is 0.608. The molecule has 3 heteroatoms. The molecule has 0 aliphatic heterocycles. The van der Waals surface area contributed by atoms with Gasteiger partial charge in [-0.05, 0) is 37.6 Å². The number of benzene rings is 2. The van der Waals surface area contributed by atoms with Gasteiger partial charge >= 0.3 is 0 Å². The zero-order valence-electron chi connectivity index (χ0n) is 12.1. The first-order chi connectivity index (χ1) is 9.61. The van der Waals surface area contributed by atoms with Crippen molar-refractivity contribution in [2.24, 2.45) is 5.73 Å². The SMILES string of the molecule is Cc1ccc(CN(C)c2cccc(F)c2CCN)cc1. The molecule has 20 heavy (non-hydrogen) atoms. The molecule has 0 spiro atoms. The van der Waals surface area contributed by atoms with Crippen molar-refractivity contribution in [1.82, 2.24) is 0 Å². The van der Waals surface area contributed by atoms with Crippen molar-refractivity contribution in [1.29, 1.82) is 0 Å². The first kappa shape index (κ1) is 14.5. The number of hydrogen-bond donors (Lipinski definition) is 1. The van der Waals surface area contributed by atoms with E-state index in [-0.39, 0.29) is 5.82 Å². The van der Waals surface area contributed by atoms with Gasteiger partial charge in [-0.1, -0.05) is 35.9 Å². The molecule has 2 aromatic carbocycles. The van der Waals surface area contributed by atoms with Crippen LogP contribution < -0.4 is 10.6 Å². The topological polar surface area (TPSA) is 29.3 Å². The number of rotatable bonds is 5. The van der Waals surface area contributed by atoms with E-state index in [0.717, 1.165) is 12.2 Å². The van der Waals surface area contributed by atoms with Crippen LogP contribution >= 0.6 is 0 Å². The average molecular weight is 272 g/mol. The molecule has 106 valence electrons. The Morgan fingerprint density at radius 3 is 2.45 bits per heavy atom. The van der Waals surface area contributed by atoms with Gasteiger partial charge in [0.05, 0.1) is 0 Å². The molecule has 0 saturated carbocycles. The van der Waals surface area contributed by atoms with Gasteiger partial charge in [0, 0.05) is 24.8 Å². The Kier molecular flexibility index (Phi) is 4.74. The minimum atomic E-state index is -0.177. The van der Waals surface area contributed by atoms with E-state index in [0.29, 0.717) is 18.5 Å². The summed E-state index contributed by atoms with van der Waals surface area (Å²) in [7, 11) is 1.98. The molecule has 0 aliphatic carbocycles. The van der Waals surface area contributed by atoms with Crippen LogP contribution in [0.2, 0.25) is 0 Å². The zero-order chi connectivity index (χ0) is 14.5. The lowest BCUT2D eigenvalue weighted by atomic mass is 10.1. The summed E-state index contributed by atoms with van der Waals surface area (Å²) in [5, 5.41) is 0. The van der Waals surface area contributed by atoms with Gasteiger partial charge in [-0.2, -0.15) is 0 Å². The van der Waals surface area contributed by atoms with Gasteiger partial charge in [-0.15, -0.1) is 0 Å². The van der Waals surface area contributed by atoms with E-state index in [1.165, 1.54) is 17.2 Å². The molecule has 0 aromatic heterocycles. The van der Waals surface area contributed by atoms with Gasteiger partial charge in [-0.3, -0.25) is 0 Å². The number of hydrogen-bond acceptors (Lipinski definition) is 2. The second kappa shape index (κ2) is 6.53. The highest BCUT2D eigenvalue weighted by Crippen LogP contribution is 2.24. The monoisotopic (exact) mass is 272 g/mol. The summed E-state index contributed by atoms with van der Waals surface area (Å²) in [6.07, 6.45) is 0.556. The molecule has 0 radical (unpaired) electrons. The van der Waals surface area contributed by atoms with Crippen molar-refractivity contribution in [3.05, 3.63) is 65.0 Å². The molecular weight excluding hydrogens is 251 g/mol. The fourth-order valence-corrected chi connectivity index (χ4v) is 2.35. The van der Waals surface area contributed by atoms with Gasteiger partial charge in [0.15, 0.2) is 0 Å². The normalized spacial score (nSPS) is 10.6. The number of nitrogens with zero attached hydrogens (tertiary/aromatic N) is 1. The molecule has 2 nitrogen and oxygen atoms in total. The minimum Gasteiger partial charge on any atom is -0.370 e. The van der Waals surface area contributed by atoms with Gasteiger partial charge in [0.25, 0.3) is 0 Å². The summed E-state index contributed by atoms with van der Waals surface area (Å²) < 4.78 is 13.9. The molecule has 0 bridgehead atoms. The van der Waals surface area contributed by atoms with Crippen molar-refractivity contribution < 1.29 is 4.39 Å². The lowest BCUT2D eigenvalue weighted by Crippen LogP contribution is -2.19. The second-order valence-electron chi connectivity index (χ2n) is 5.12. The zero-order valence-corrected chi connectivity index (χ0v) is 12.1. The Morgan fingerprint density at radius 2 is 1.80 bits per heavy atom. The maximum absolute atomic E-state index is 13.9. The maximum atomic E-state index is 13.9. The predicted octanol–water partition coefficient (Wildman–Crippen LogP) is 3.27. The van der Waals surface area contributed by atoms with Crippen molar-refractivity contribution in [3.8, 4) is 0 Å². The van der Waals surface area contributed by atoms with E-state index in [2.05, 4.69) is 36.1 Å². The molecule has 2 N–H and O–H groups in total. The van der Waals surface area contributed by atoms with Crippen LogP contribution in [0, 0.1) is 12.7 Å². The van der Waals surface area contributed by atoms with E-state index >= 15 is 0 Å². The van der Waals surface area contributed by atoms with Gasteiger partial charge in [0.2, 0.25) is 0 Å². The van der Waals surface area contributed by atoms with Crippen LogP contribution in [0.3, 0.4) is 0 Å². The van der Waals surface area contributed by atoms with E-state index in [4.69, 9.17) is 5.73 Å². The highest BCUT2D eigenvalue weighted by atomic mass is 19.1. The van der Waals surface area contributed by atoms with Gasteiger partial charge in [0.1, 0.15) is 5.82 Å². The van der Waals surface area contributed by atoms with E-state index in [1.54, 1.807) is 6.07 Å². The molecule has 0 amide bonds.